The Kier molecular flexibility index (Phi) is 5.86. The van der Waals surface area contributed by atoms with E-state index >= 15 is 0 Å². The van der Waals surface area contributed by atoms with Crippen LogP contribution >= 0.6 is 0 Å². The molecule has 148 valence electrons. The van der Waals surface area contributed by atoms with Gasteiger partial charge < -0.3 is 14.8 Å². The van der Waals surface area contributed by atoms with Crippen LogP contribution in [0.5, 0.6) is 0 Å². The Labute approximate surface area is 165 Å². The van der Waals surface area contributed by atoms with Gasteiger partial charge in [-0.3, -0.25) is 9.59 Å². The maximum atomic E-state index is 12.5. The minimum Gasteiger partial charge on any atom is -0.354 e. The second kappa shape index (κ2) is 8.69. The van der Waals surface area contributed by atoms with Gasteiger partial charge in [-0.05, 0) is 44.7 Å². The molecule has 0 saturated carbocycles. The number of nitrogens with one attached hydrogen (secondary N) is 1. The summed E-state index contributed by atoms with van der Waals surface area (Å²) in [6.07, 6.45) is 9.17. The van der Waals surface area contributed by atoms with Gasteiger partial charge in [-0.25, -0.2) is 4.98 Å². The normalized spacial score (nSPS) is 22.4. The van der Waals surface area contributed by atoms with Crippen LogP contribution in [-0.4, -0.2) is 46.0 Å². The monoisotopic (exact) mass is 380 g/mol. The molecule has 4 rings (SSSR count). The zero-order valence-corrected chi connectivity index (χ0v) is 16.2. The summed E-state index contributed by atoms with van der Waals surface area (Å²) in [5, 5.41) is 3.07. The molecule has 2 aromatic rings. The van der Waals surface area contributed by atoms with Gasteiger partial charge >= 0.3 is 0 Å². The van der Waals surface area contributed by atoms with Gasteiger partial charge in [-0.1, -0.05) is 36.8 Å². The van der Waals surface area contributed by atoms with Crippen LogP contribution in [0.25, 0.3) is 11.3 Å². The summed E-state index contributed by atoms with van der Waals surface area (Å²) >= 11 is 0. The van der Waals surface area contributed by atoms with Crippen LogP contribution in [0.1, 0.15) is 32.1 Å². The van der Waals surface area contributed by atoms with Gasteiger partial charge in [0.1, 0.15) is 6.54 Å². The van der Waals surface area contributed by atoms with E-state index in [2.05, 4.69) is 15.2 Å². The van der Waals surface area contributed by atoms with Crippen molar-refractivity contribution in [2.45, 2.75) is 44.7 Å². The van der Waals surface area contributed by atoms with E-state index in [4.69, 9.17) is 0 Å². The Bertz CT molecular complexity index is 862. The molecule has 6 nitrogen and oxygen atoms in total. The number of aromatic nitrogens is 2. The van der Waals surface area contributed by atoms with Crippen molar-refractivity contribution in [2.24, 2.45) is 5.92 Å². The molecule has 0 unspecified atom stereocenters. The predicted octanol–water partition coefficient (Wildman–Crippen LogP) is 2.29. The van der Waals surface area contributed by atoms with Gasteiger partial charge in [0.2, 0.25) is 5.91 Å². The number of hydrogen-bond donors (Lipinski definition) is 1. The Morgan fingerprint density at radius 3 is 2.79 bits per heavy atom. The van der Waals surface area contributed by atoms with E-state index in [0.717, 1.165) is 5.56 Å². The van der Waals surface area contributed by atoms with Crippen molar-refractivity contribution in [1.29, 1.82) is 0 Å². The summed E-state index contributed by atoms with van der Waals surface area (Å²) in [4.78, 5) is 31.5. The number of benzene rings is 1. The third kappa shape index (κ3) is 4.33. The molecule has 2 aliphatic heterocycles. The second-order valence-corrected chi connectivity index (χ2v) is 7.91. The molecule has 0 aliphatic carbocycles. The first-order chi connectivity index (χ1) is 13.7. The fourth-order valence-corrected chi connectivity index (χ4v) is 4.60. The van der Waals surface area contributed by atoms with Gasteiger partial charge in [-0.15, -0.1) is 0 Å². The van der Waals surface area contributed by atoms with E-state index in [1.807, 2.05) is 30.3 Å². The van der Waals surface area contributed by atoms with Gasteiger partial charge in [0.25, 0.3) is 5.56 Å². The molecule has 0 spiro atoms. The number of hydrogen-bond acceptors (Lipinski definition) is 4. The largest absolute Gasteiger partial charge is 0.354 e. The first-order valence-electron chi connectivity index (χ1n) is 10.3. The number of piperidine rings is 2. The fraction of sp³-hybridized carbons (Fsp3) is 0.500. The molecular formula is C22H28N4O2. The molecule has 6 heteroatoms. The summed E-state index contributed by atoms with van der Waals surface area (Å²) < 4.78 is 1.44. The van der Waals surface area contributed by atoms with Crippen LogP contribution in [0.2, 0.25) is 0 Å². The van der Waals surface area contributed by atoms with Crippen molar-refractivity contribution in [3.05, 3.63) is 53.1 Å². The third-order valence-electron chi connectivity index (χ3n) is 6.05. The maximum absolute atomic E-state index is 12.5. The van der Waals surface area contributed by atoms with Crippen LogP contribution in [0.3, 0.4) is 0 Å². The van der Waals surface area contributed by atoms with Gasteiger partial charge in [-0.2, -0.15) is 0 Å². The summed E-state index contributed by atoms with van der Waals surface area (Å²) in [5.74, 6) is 0.410. The zero-order chi connectivity index (χ0) is 19.3. The summed E-state index contributed by atoms with van der Waals surface area (Å²) in [5.41, 5.74) is 1.36. The number of carbonyl (C=O) groups excluding carboxylic acids is 1. The van der Waals surface area contributed by atoms with E-state index in [9.17, 15) is 9.59 Å². The van der Waals surface area contributed by atoms with Gasteiger partial charge in [0.15, 0.2) is 0 Å². The summed E-state index contributed by atoms with van der Waals surface area (Å²) in [6.45, 7) is 3.13. The van der Waals surface area contributed by atoms with Crippen molar-refractivity contribution >= 4 is 5.91 Å². The lowest BCUT2D eigenvalue weighted by Crippen LogP contribution is -2.51. The predicted molar refractivity (Wildman–Crippen MR) is 109 cm³/mol. The van der Waals surface area contributed by atoms with E-state index in [-0.39, 0.29) is 18.0 Å². The number of amides is 1. The fourth-order valence-electron chi connectivity index (χ4n) is 4.60. The van der Waals surface area contributed by atoms with Gasteiger partial charge in [0.05, 0.1) is 11.9 Å². The number of nitrogens with zero attached hydrogens (tertiary/aromatic N) is 3. The molecule has 2 fully saturated rings. The smallest absolute Gasteiger partial charge is 0.269 e. The molecule has 28 heavy (non-hydrogen) atoms. The molecule has 3 heterocycles. The Morgan fingerprint density at radius 1 is 1.11 bits per heavy atom. The van der Waals surface area contributed by atoms with E-state index in [1.165, 1.54) is 56.0 Å². The molecule has 2 aliphatic rings. The maximum Gasteiger partial charge on any atom is 0.269 e. The molecular weight excluding hydrogens is 352 g/mol. The van der Waals surface area contributed by atoms with E-state index in [0.29, 0.717) is 24.2 Å². The van der Waals surface area contributed by atoms with Crippen molar-refractivity contribution < 1.29 is 4.79 Å². The molecule has 2 saturated heterocycles. The first-order valence-corrected chi connectivity index (χ1v) is 10.3. The molecule has 1 amide bonds. The SMILES string of the molecule is O=C(Cn1cc(-c2ccccc2)ncc1=O)NC[C@H]1CCCN2CCCC[C@H]12. The van der Waals surface area contributed by atoms with Crippen molar-refractivity contribution in [2.75, 3.05) is 19.6 Å². The molecule has 1 N–H and O–H groups in total. The summed E-state index contributed by atoms with van der Waals surface area (Å²) in [6, 6.07) is 10.3. The van der Waals surface area contributed by atoms with E-state index in [1.54, 1.807) is 6.20 Å². The zero-order valence-electron chi connectivity index (χ0n) is 16.2. The average Bonchev–Trinajstić information content (AvgIpc) is 2.74. The number of carbonyl (C=O) groups is 1. The van der Waals surface area contributed by atoms with Crippen molar-refractivity contribution in [3.63, 3.8) is 0 Å². The summed E-state index contributed by atoms with van der Waals surface area (Å²) in [7, 11) is 0. The number of rotatable bonds is 5. The average molecular weight is 380 g/mol. The standard InChI is InChI=1S/C22H28N4O2/c27-21(24-13-18-9-6-12-25-11-5-4-10-20(18)25)16-26-15-19(23-14-22(26)28)17-7-2-1-3-8-17/h1-3,7-8,14-15,18,20H,4-6,9-13,16H2,(H,24,27)/t18-,20-/m1/s1. The minimum atomic E-state index is -0.258. The van der Waals surface area contributed by atoms with Crippen molar-refractivity contribution in [3.8, 4) is 11.3 Å². The lowest BCUT2D eigenvalue weighted by molar-refractivity contribution is -0.122. The highest BCUT2D eigenvalue weighted by Crippen LogP contribution is 2.30. The first kappa shape index (κ1) is 18.9. The number of fused-ring (bicyclic) bond motifs is 1. The molecule has 2 atom stereocenters. The molecule has 0 bridgehead atoms. The lowest BCUT2D eigenvalue weighted by atomic mass is 9.83. The molecule has 1 aromatic carbocycles. The Morgan fingerprint density at radius 2 is 1.93 bits per heavy atom. The van der Waals surface area contributed by atoms with Crippen LogP contribution < -0.4 is 10.9 Å². The Balaban J connectivity index is 1.38. The van der Waals surface area contributed by atoms with Crippen LogP contribution in [0, 0.1) is 5.92 Å². The molecule has 0 radical (unpaired) electrons. The third-order valence-corrected chi connectivity index (χ3v) is 6.05. The highest BCUT2D eigenvalue weighted by Gasteiger charge is 2.32. The van der Waals surface area contributed by atoms with Crippen LogP contribution in [0.4, 0.5) is 0 Å². The topological polar surface area (TPSA) is 67.2 Å². The second-order valence-electron chi connectivity index (χ2n) is 7.91. The van der Waals surface area contributed by atoms with E-state index < -0.39 is 0 Å². The highest BCUT2D eigenvalue weighted by molar-refractivity contribution is 5.75. The lowest BCUT2D eigenvalue weighted by Gasteiger charge is -2.44. The highest BCUT2D eigenvalue weighted by atomic mass is 16.2. The van der Waals surface area contributed by atoms with Crippen LogP contribution in [-0.2, 0) is 11.3 Å². The minimum absolute atomic E-state index is 0.0300. The van der Waals surface area contributed by atoms with Gasteiger partial charge in [0, 0.05) is 24.3 Å². The quantitative estimate of drug-likeness (QED) is 0.864. The van der Waals surface area contributed by atoms with Crippen LogP contribution in [0.15, 0.2) is 47.5 Å². The molecule has 1 aromatic heterocycles. The van der Waals surface area contributed by atoms with Crippen molar-refractivity contribution in [1.82, 2.24) is 19.8 Å². The Hall–Kier alpha value is -2.47.